The van der Waals surface area contributed by atoms with Crippen LogP contribution in [0, 0.1) is 0 Å². The van der Waals surface area contributed by atoms with Gasteiger partial charge < -0.3 is 10.1 Å². The van der Waals surface area contributed by atoms with Crippen molar-refractivity contribution in [1.82, 2.24) is 0 Å². The van der Waals surface area contributed by atoms with Gasteiger partial charge in [-0.05, 0) is 55.5 Å². The van der Waals surface area contributed by atoms with Gasteiger partial charge in [0.25, 0.3) is 0 Å². The van der Waals surface area contributed by atoms with Gasteiger partial charge in [-0.15, -0.1) is 0 Å². The van der Waals surface area contributed by atoms with Crippen LogP contribution in [-0.2, 0) is 4.74 Å². The van der Waals surface area contributed by atoms with E-state index in [-0.39, 0.29) is 11.8 Å². The van der Waals surface area contributed by atoms with Gasteiger partial charge in [0.05, 0.1) is 12.2 Å². The first-order valence-corrected chi connectivity index (χ1v) is 7.89. The van der Waals surface area contributed by atoms with E-state index >= 15 is 0 Å². The maximum absolute atomic E-state index is 12.0. The van der Waals surface area contributed by atoms with Crippen molar-refractivity contribution in [3.63, 3.8) is 0 Å². The zero-order chi connectivity index (χ0) is 16.7. The van der Waals surface area contributed by atoms with Crippen molar-refractivity contribution in [3.8, 4) is 0 Å². The summed E-state index contributed by atoms with van der Waals surface area (Å²) in [6.45, 7) is 2.11. The highest BCUT2D eigenvalue weighted by atomic mass is 79.9. The van der Waals surface area contributed by atoms with Crippen LogP contribution >= 0.6 is 15.9 Å². The predicted molar refractivity (Wildman–Crippen MR) is 93.6 cm³/mol. The average molecular weight is 374 g/mol. The van der Waals surface area contributed by atoms with E-state index in [0.717, 1.165) is 10.2 Å². The highest BCUT2D eigenvalue weighted by molar-refractivity contribution is 9.10. The number of hydrogen-bond acceptors (Lipinski definition) is 4. The number of allylic oxidation sites excluding steroid dienone is 1. The van der Waals surface area contributed by atoms with Gasteiger partial charge in [-0.3, -0.25) is 4.79 Å². The van der Waals surface area contributed by atoms with Crippen molar-refractivity contribution in [2.45, 2.75) is 6.92 Å². The number of carbonyl (C=O) groups excluding carboxylic acids is 2. The van der Waals surface area contributed by atoms with Crippen LogP contribution in [0.4, 0.5) is 5.69 Å². The highest BCUT2D eigenvalue weighted by Gasteiger charge is 2.05. The standard InChI is InChI=1S/C18H16BrNO3/c1-2-23-18(22)14-5-9-16(10-6-14)20-12-11-17(21)13-3-7-15(19)8-4-13/h3-12,20H,2H2,1H3. The molecular weight excluding hydrogens is 358 g/mol. The number of carbonyl (C=O) groups is 2. The summed E-state index contributed by atoms with van der Waals surface area (Å²) < 4.78 is 5.84. The Hall–Kier alpha value is -2.40. The molecule has 0 saturated heterocycles. The van der Waals surface area contributed by atoms with Crippen molar-refractivity contribution in [1.29, 1.82) is 0 Å². The van der Waals surface area contributed by atoms with E-state index in [9.17, 15) is 9.59 Å². The zero-order valence-corrected chi connectivity index (χ0v) is 14.2. The molecule has 0 aliphatic heterocycles. The van der Waals surface area contributed by atoms with Gasteiger partial charge in [-0.25, -0.2) is 4.79 Å². The van der Waals surface area contributed by atoms with Crippen LogP contribution in [0.3, 0.4) is 0 Å². The monoisotopic (exact) mass is 373 g/mol. The number of ether oxygens (including phenoxy) is 1. The van der Waals surface area contributed by atoms with Gasteiger partial charge in [-0.1, -0.05) is 15.9 Å². The van der Waals surface area contributed by atoms with Crippen LogP contribution in [0.2, 0.25) is 0 Å². The van der Waals surface area contributed by atoms with Crippen molar-refractivity contribution >= 4 is 33.4 Å². The lowest BCUT2D eigenvalue weighted by Crippen LogP contribution is -2.04. The van der Waals surface area contributed by atoms with Crippen molar-refractivity contribution in [3.05, 3.63) is 76.4 Å². The second-order valence-corrected chi connectivity index (χ2v) is 5.56. The highest BCUT2D eigenvalue weighted by Crippen LogP contribution is 2.12. The average Bonchev–Trinajstić information content (AvgIpc) is 2.56. The Morgan fingerprint density at radius 1 is 1.04 bits per heavy atom. The van der Waals surface area contributed by atoms with Crippen LogP contribution in [0.15, 0.2) is 65.3 Å². The lowest BCUT2D eigenvalue weighted by molar-refractivity contribution is 0.0526. The van der Waals surface area contributed by atoms with E-state index in [2.05, 4.69) is 21.2 Å². The van der Waals surface area contributed by atoms with Crippen molar-refractivity contribution < 1.29 is 14.3 Å². The lowest BCUT2D eigenvalue weighted by atomic mass is 10.1. The maximum Gasteiger partial charge on any atom is 0.338 e. The first kappa shape index (κ1) is 17.0. The lowest BCUT2D eigenvalue weighted by Gasteiger charge is -2.04. The number of halogens is 1. The van der Waals surface area contributed by atoms with Crippen LogP contribution in [0.25, 0.3) is 0 Å². The number of esters is 1. The molecule has 4 nitrogen and oxygen atoms in total. The van der Waals surface area contributed by atoms with E-state index < -0.39 is 0 Å². The van der Waals surface area contributed by atoms with Crippen molar-refractivity contribution in [2.75, 3.05) is 11.9 Å². The smallest absolute Gasteiger partial charge is 0.338 e. The summed E-state index contributed by atoms with van der Waals surface area (Å²) in [5, 5.41) is 2.99. The Balaban J connectivity index is 1.93. The molecule has 0 spiro atoms. The third-order valence-electron chi connectivity index (χ3n) is 3.01. The fourth-order valence-electron chi connectivity index (χ4n) is 1.84. The Kier molecular flexibility index (Phi) is 6.11. The minimum atomic E-state index is -0.347. The molecule has 0 aliphatic carbocycles. The third-order valence-corrected chi connectivity index (χ3v) is 3.54. The maximum atomic E-state index is 12.0. The first-order chi connectivity index (χ1) is 11.1. The zero-order valence-electron chi connectivity index (χ0n) is 12.6. The SMILES string of the molecule is CCOC(=O)c1ccc(NC=CC(=O)c2ccc(Br)cc2)cc1. The van der Waals surface area contributed by atoms with E-state index in [1.807, 2.05) is 12.1 Å². The fraction of sp³-hybridized carbons (Fsp3) is 0.111. The number of anilines is 1. The second kappa shape index (κ2) is 8.29. The summed E-state index contributed by atoms with van der Waals surface area (Å²) in [5.74, 6) is -0.437. The molecule has 0 aliphatic rings. The van der Waals surface area contributed by atoms with Crippen LogP contribution < -0.4 is 5.32 Å². The van der Waals surface area contributed by atoms with Crippen LogP contribution in [0.5, 0.6) is 0 Å². The minimum Gasteiger partial charge on any atom is -0.462 e. The van der Waals surface area contributed by atoms with Gasteiger partial charge in [0.2, 0.25) is 0 Å². The summed E-state index contributed by atoms with van der Waals surface area (Å²) in [7, 11) is 0. The minimum absolute atomic E-state index is 0.0897. The van der Waals surface area contributed by atoms with Crippen molar-refractivity contribution in [2.24, 2.45) is 0 Å². The summed E-state index contributed by atoms with van der Waals surface area (Å²) in [6, 6.07) is 14.0. The summed E-state index contributed by atoms with van der Waals surface area (Å²) >= 11 is 3.33. The first-order valence-electron chi connectivity index (χ1n) is 7.10. The predicted octanol–water partition coefficient (Wildman–Crippen LogP) is 4.43. The molecule has 118 valence electrons. The molecule has 0 heterocycles. The number of hydrogen-bond donors (Lipinski definition) is 1. The Morgan fingerprint density at radius 2 is 1.65 bits per heavy atom. The largest absolute Gasteiger partial charge is 0.462 e. The molecule has 0 radical (unpaired) electrons. The molecule has 0 fully saturated rings. The van der Waals surface area contributed by atoms with E-state index in [0.29, 0.717) is 17.7 Å². The fourth-order valence-corrected chi connectivity index (χ4v) is 2.11. The molecule has 0 saturated carbocycles. The summed E-state index contributed by atoms with van der Waals surface area (Å²) in [5.41, 5.74) is 1.88. The molecule has 23 heavy (non-hydrogen) atoms. The van der Waals surface area contributed by atoms with Crippen LogP contribution in [0.1, 0.15) is 27.6 Å². The molecule has 2 aromatic carbocycles. The third kappa shape index (κ3) is 5.07. The Morgan fingerprint density at radius 3 is 2.26 bits per heavy atom. The van der Waals surface area contributed by atoms with Gasteiger partial charge in [0.15, 0.2) is 5.78 Å². The van der Waals surface area contributed by atoms with E-state index in [4.69, 9.17) is 4.74 Å². The number of benzene rings is 2. The molecule has 0 bridgehead atoms. The Bertz CT molecular complexity index is 706. The van der Waals surface area contributed by atoms with E-state index in [1.165, 1.54) is 6.08 Å². The second-order valence-electron chi connectivity index (χ2n) is 4.65. The molecule has 0 unspecified atom stereocenters. The molecular formula is C18H16BrNO3. The molecule has 0 amide bonds. The molecule has 5 heteroatoms. The number of ketones is 1. The van der Waals surface area contributed by atoms with Gasteiger partial charge in [0, 0.05) is 28.0 Å². The van der Waals surface area contributed by atoms with Crippen LogP contribution in [-0.4, -0.2) is 18.4 Å². The molecule has 0 aromatic heterocycles. The topological polar surface area (TPSA) is 55.4 Å². The van der Waals surface area contributed by atoms with Gasteiger partial charge in [0.1, 0.15) is 0 Å². The Labute approximate surface area is 143 Å². The number of nitrogens with one attached hydrogen (secondary N) is 1. The molecule has 2 rings (SSSR count). The normalized spacial score (nSPS) is 10.5. The van der Waals surface area contributed by atoms with Gasteiger partial charge in [-0.2, -0.15) is 0 Å². The molecule has 2 aromatic rings. The molecule has 0 atom stereocenters. The van der Waals surface area contributed by atoms with Gasteiger partial charge >= 0.3 is 5.97 Å². The van der Waals surface area contributed by atoms with E-state index in [1.54, 1.807) is 49.5 Å². The summed E-state index contributed by atoms with van der Waals surface area (Å²) in [4.78, 5) is 23.5. The number of rotatable bonds is 6. The molecule has 1 N–H and O–H groups in total. The quantitative estimate of drug-likeness (QED) is 0.462. The summed E-state index contributed by atoms with van der Waals surface area (Å²) in [6.07, 6.45) is 3.03.